The van der Waals surface area contributed by atoms with Crippen LogP contribution in [0.15, 0.2) is 54.6 Å². The molecule has 25 heavy (non-hydrogen) atoms. The standard InChI is InChI=1S/C17H10F3NO2.C2H6/c18-17(19,20)12-5-1-4-11(9-12)13-6-2-3-10-7-8-14(16(22)23)21-15(10)13;1-2/h1-9H,(H,22,23);1-2H3. The minimum atomic E-state index is -4.44. The molecule has 0 saturated carbocycles. The van der Waals surface area contributed by atoms with E-state index in [4.69, 9.17) is 5.11 Å². The second kappa shape index (κ2) is 7.34. The third-order valence-electron chi connectivity index (χ3n) is 3.44. The van der Waals surface area contributed by atoms with Crippen LogP contribution in [0, 0.1) is 0 Å². The number of aromatic carboxylic acids is 1. The van der Waals surface area contributed by atoms with Gasteiger partial charge in [-0.1, -0.05) is 50.2 Å². The average Bonchev–Trinajstić information content (AvgIpc) is 2.62. The molecule has 0 spiro atoms. The van der Waals surface area contributed by atoms with Crippen molar-refractivity contribution in [2.24, 2.45) is 0 Å². The van der Waals surface area contributed by atoms with Gasteiger partial charge >= 0.3 is 12.1 Å². The van der Waals surface area contributed by atoms with Crippen molar-refractivity contribution < 1.29 is 23.1 Å². The van der Waals surface area contributed by atoms with Gasteiger partial charge in [-0.3, -0.25) is 0 Å². The first kappa shape index (κ1) is 18.4. The minimum Gasteiger partial charge on any atom is -0.477 e. The van der Waals surface area contributed by atoms with Crippen LogP contribution >= 0.6 is 0 Å². The highest BCUT2D eigenvalue weighted by Crippen LogP contribution is 2.34. The Morgan fingerprint density at radius 2 is 1.68 bits per heavy atom. The maximum absolute atomic E-state index is 12.9. The molecular weight excluding hydrogens is 331 g/mol. The molecule has 0 amide bonds. The largest absolute Gasteiger partial charge is 0.477 e. The zero-order valence-electron chi connectivity index (χ0n) is 13.6. The van der Waals surface area contributed by atoms with Crippen LogP contribution in [-0.2, 0) is 6.18 Å². The number of pyridine rings is 1. The van der Waals surface area contributed by atoms with E-state index in [0.717, 1.165) is 12.1 Å². The van der Waals surface area contributed by atoms with Crippen molar-refractivity contribution in [2.45, 2.75) is 20.0 Å². The number of fused-ring (bicyclic) bond motifs is 1. The molecule has 0 unspecified atom stereocenters. The van der Waals surface area contributed by atoms with Crippen molar-refractivity contribution in [3.63, 3.8) is 0 Å². The summed E-state index contributed by atoms with van der Waals surface area (Å²) in [5.41, 5.74) is 0.224. The molecule has 0 aliphatic heterocycles. The van der Waals surface area contributed by atoms with E-state index in [0.29, 0.717) is 22.0 Å². The van der Waals surface area contributed by atoms with E-state index in [1.807, 2.05) is 13.8 Å². The highest BCUT2D eigenvalue weighted by atomic mass is 19.4. The van der Waals surface area contributed by atoms with Crippen LogP contribution in [0.2, 0.25) is 0 Å². The summed E-state index contributed by atoms with van der Waals surface area (Å²) in [6.45, 7) is 4.00. The average molecular weight is 347 g/mol. The minimum absolute atomic E-state index is 0.156. The van der Waals surface area contributed by atoms with E-state index in [-0.39, 0.29) is 5.69 Å². The molecule has 0 atom stereocenters. The molecule has 1 aromatic heterocycles. The van der Waals surface area contributed by atoms with Crippen LogP contribution in [0.1, 0.15) is 29.9 Å². The van der Waals surface area contributed by atoms with Gasteiger partial charge in [0.2, 0.25) is 0 Å². The third-order valence-corrected chi connectivity index (χ3v) is 3.44. The molecule has 3 aromatic rings. The van der Waals surface area contributed by atoms with E-state index in [9.17, 15) is 18.0 Å². The Balaban J connectivity index is 0.00000109. The van der Waals surface area contributed by atoms with E-state index in [1.165, 1.54) is 12.1 Å². The topological polar surface area (TPSA) is 50.2 Å². The Morgan fingerprint density at radius 1 is 1.00 bits per heavy atom. The van der Waals surface area contributed by atoms with Crippen molar-refractivity contribution >= 4 is 16.9 Å². The Bertz CT molecular complexity index is 905. The number of alkyl halides is 3. The summed E-state index contributed by atoms with van der Waals surface area (Å²) in [6.07, 6.45) is -4.44. The van der Waals surface area contributed by atoms with Gasteiger partial charge in [0.1, 0.15) is 5.69 Å². The lowest BCUT2D eigenvalue weighted by Gasteiger charge is -2.10. The normalized spacial score (nSPS) is 10.9. The van der Waals surface area contributed by atoms with Gasteiger partial charge in [0, 0.05) is 10.9 Å². The first-order valence-corrected chi connectivity index (χ1v) is 7.67. The highest BCUT2D eigenvalue weighted by Gasteiger charge is 2.30. The van der Waals surface area contributed by atoms with Crippen molar-refractivity contribution in [2.75, 3.05) is 0 Å². The van der Waals surface area contributed by atoms with Crippen molar-refractivity contribution in [1.29, 1.82) is 0 Å². The SMILES string of the molecule is CC.O=C(O)c1ccc2cccc(-c3cccc(C(F)(F)F)c3)c2n1. The number of hydrogen-bond donors (Lipinski definition) is 1. The lowest BCUT2D eigenvalue weighted by molar-refractivity contribution is -0.137. The first-order valence-electron chi connectivity index (χ1n) is 7.67. The molecule has 6 heteroatoms. The highest BCUT2D eigenvalue weighted by molar-refractivity contribution is 5.96. The number of carboxylic acid groups (broad SMARTS) is 1. The second-order valence-electron chi connectivity index (χ2n) is 4.96. The summed E-state index contributed by atoms with van der Waals surface area (Å²) < 4.78 is 38.6. The number of carboxylic acids is 1. The Labute approximate surface area is 142 Å². The Hall–Kier alpha value is -2.89. The Kier molecular flexibility index (Phi) is 5.41. The van der Waals surface area contributed by atoms with Crippen LogP contribution in [-0.4, -0.2) is 16.1 Å². The second-order valence-corrected chi connectivity index (χ2v) is 4.96. The van der Waals surface area contributed by atoms with Crippen LogP contribution in [0.4, 0.5) is 13.2 Å². The van der Waals surface area contributed by atoms with Crippen LogP contribution in [0.3, 0.4) is 0 Å². The summed E-state index contributed by atoms with van der Waals surface area (Å²) in [4.78, 5) is 15.1. The lowest BCUT2D eigenvalue weighted by Crippen LogP contribution is -2.04. The van der Waals surface area contributed by atoms with Gasteiger partial charge in [0.15, 0.2) is 0 Å². The molecular formula is C19H16F3NO2. The fourth-order valence-corrected chi connectivity index (χ4v) is 2.36. The Morgan fingerprint density at radius 3 is 2.32 bits per heavy atom. The lowest BCUT2D eigenvalue weighted by atomic mass is 9.99. The summed E-state index contributed by atoms with van der Waals surface area (Å²) in [5.74, 6) is -1.19. The van der Waals surface area contributed by atoms with E-state index in [2.05, 4.69) is 4.98 Å². The molecule has 0 fully saturated rings. The van der Waals surface area contributed by atoms with Gasteiger partial charge in [-0.2, -0.15) is 13.2 Å². The maximum Gasteiger partial charge on any atom is 0.416 e. The monoisotopic (exact) mass is 347 g/mol. The molecule has 3 rings (SSSR count). The summed E-state index contributed by atoms with van der Waals surface area (Å²) >= 11 is 0. The van der Waals surface area contributed by atoms with Crippen molar-refractivity contribution in [3.8, 4) is 11.1 Å². The number of para-hydroxylation sites is 1. The molecule has 2 aromatic carbocycles. The summed E-state index contributed by atoms with van der Waals surface area (Å²) in [5, 5.41) is 9.70. The molecule has 0 saturated heterocycles. The molecule has 3 nitrogen and oxygen atoms in total. The van der Waals surface area contributed by atoms with E-state index in [1.54, 1.807) is 30.3 Å². The zero-order valence-corrected chi connectivity index (χ0v) is 13.6. The van der Waals surface area contributed by atoms with Gasteiger partial charge in [-0.05, 0) is 23.8 Å². The number of carbonyl (C=O) groups is 1. The predicted molar refractivity (Wildman–Crippen MR) is 90.5 cm³/mol. The predicted octanol–water partition coefficient (Wildman–Crippen LogP) is 5.65. The molecule has 0 radical (unpaired) electrons. The van der Waals surface area contributed by atoms with E-state index >= 15 is 0 Å². The number of nitrogens with zero attached hydrogens (tertiary/aromatic N) is 1. The summed E-state index contributed by atoms with van der Waals surface area (Å²) in [6, 6.07) is 12.9. The quantitative estimate of drug-likeness (QED) is 0.652. The van der Waals surface area contributed by atoms with Gasteiger partial charge < -0.3 is 5.11 Å². The molecule has 0 aliphatic rings. The molecule has 1 N–H and O–H groups in total. The zero-order chi connectivity index (χ0) is 18.6. The van der Waals surface area contributed by atoms with E-state index < -0.39 is 17.7 Å². The number of hydrogen-bond acceptors (Lipinski definition) is 2. The molecule has 0 aliphatic carbocycles. The van der Waals surface area contributed by atoms with Crippen LogP contribution in [0.5, 0.6) is 0 Å². The number of halogens is 3. The number of benzene rings is 2. The fraction of sp³-hybridized carbons (Fsp3) is 0.158. The summed E-state index contributed by atoms with van der Waals surface area (Å²) in [7, 11) is 0. The van der Waals surface area contributed by atoms with Crippen molar-refractivity contribution in [1.82, 2.24) is 4.98 Å². The van der Waals surface area contributed by atoms with Gasteiger partial charge in [0.05, 0.1) is 11.1 Å². The number of aromatic nitrogens is 1. The van der Waals surface area contributed by atoms with Gasteiger partial charge in [-0.25, -0.2) is 9.78 Å². The smallest absolute Gasteiger partial charge is 0.416 e. The maximum atomic E-state index is 12.9. The molecule has 130 valence electrons. The van der Waals surface area contributed by atoms with Crippen LogP contribution < -0.4 is 0 Å². The fourth-order valence-electron chi connectivity index (χ4n) is 2.36. The van der Waals surface area contributed by atoms with Gasteiger partial charge in [-0.15, -0.1) is 0 Å². The van der Waals surface area contributed by atoms with Gasteiger partial charge in [0.25, 0.3) is 0 Å². The molecule has 1 heterocycles. The first-order chi connectivity index (χ1) is 11.9. The molecule has 0 bridgehead atoms. The van der Waals surface area contributed by atoms with Crippen LogP contribution in [0.25, 0.3) is 22.0 Å². The number of rotatable bonds is 2. The van der Waals surface area contributed by atoms with Crippen molar-refractivity contribution in [3.05, 3.63) is 65.9 Å². The third kappa shape index (κ3) is 3.96.